The van der Waals surface area contributed by atoms with E-state index in [4.69, 9.17) is 4.74 Å². The van der Waals surface area contributed by atoms with Gasteiger partial charge >= 0.3 is 0 Å². The Hall–Kier alpha value is -2.15. The van der Waals surface area contributed by atoms with Crippen molar-refractivity contribution in [1.82, 2.24) is 20.0 Å². The number of ether oxygens (including phenoxy) is 1. The first kappa shape index (κ1) is 11.3. The molecule has 17 heavy (non-hydrogen) atoms. The van der Waals surface area contributed by atoms with E-state index < -0.39 is 0 Å². The van der Waals surface area contributed by atoms with Crippen LogP contribution in [0.4, 0.5) is 5.82 Å². The Morgan fingerprint density at radius 3 is 3.12 bits per heavy atom. The lowest BCUT2D eigenvalue weighted by atomic mass is 10.3. The molecule has 0 aliphatic heterocycles. The van der Waals surface area contributed by atoms with Crippen molar-refractivity contribution in [2.75, 3.05) is 12.4 Å². The van der Waals surface area contributed by atoms with Crippen LogP contribution in [0.1, 0.15) is 16.2 Å². The van der Waals surface area contributed by atoms with E-state index in [-0.39, 0.29) is 5.91 Å². The number of nitrogens with zero attached hydrogens (tertiary/aromatic N) is 3. The van der Waals surface area contributed by atoms with Crippen LogP contribution in [0.2, 0.25) is 0 Å². The number of aromatic nitrogens is 4. The number of methoxy groups -OCH3 is 1. The quantitative estimate of drug-likeness (QED) is 0.810. The Balaban J connectivity index is 2.13. The summed E-state index contributed by atoms with van der Waals surface area (Å²) >= 11 is 0. The number of H-pyrrole nitrogens is 1. The second kappa shape index (κ2) is 4.79. The minimum Gasteiger partial charge on any atom is -0.378 e. The third-order valence-electron chi connectivity index (χ3n) is 2.20. The number of hydrogen-bond donors (Lipinski definition) is 2. The Kier molecular flexibility index (Phi) is 3.20. The molecule has 0 saturated heterocycles. The lowest BCUT2D eigenvalue weighted by Gasteiger charge is -2.01. The van der Waals surface area contributed by atoms with E-state index in [0.29, 0.717) is 23.8 Å². The molecular weight excluding hydrogens is 222 g/mol. The summed E-state index contributed by atoms with van der Waals surface area (Å²) in [7, 11) is 3.29. The van der Waals surface area contributed by atoms with Gasteiger partial charge in [-0.15, -0.1) is 0 Å². The van der Waals surface area contributed by atoms with Crippen LogP contribution in [0.3, 0.4) is 0 Å². The first-order valence-corrected chi connectivity index (χ1v) is 5.03. The predicted molar refractivity (Wildman–Crippen MR) is 60.5 cm³/mol. The molecule has 2 aromatic heterocycles. The summed E-state index contributed by atoms with van der Waals surface area (Å²) in [5.74, 6) is 0.302. The van der Waals surface area contributed by atoms with Crippen molar-refractivity contribution in [3.63, 3.8) is 0 Å². The molecule has 0 aromatic carbocycles. The van der Waals surface area contributed by atoms with Crippen LogP contribution >= 0.6 is 0 Å². The highest BCUT2D eigenvalue weighted by atomic mass is 16.5. The molecule has 90 valence electrons. The van der Waals surface area contributed by atoms with Gasteiger partial charge in [0.1, 0.15) is 11.5 Å². The van der Waals surface area contributed by atoms with Crippen LogP contribution in [0.25, 0.3) is 0 Å². The Morgan fingerprint density at radius 2 is 2.47 bits per heavy atom. The Morgan fingerprint density at radius 1 is 1.65 bits per heavy atom. The van der Waals surface area contributed by atoms with Crippen molar-refractivity contribution in [3.8, 4) is 0 Å². The highest BCUT2D eigenvalue weighted by molar-refractivity contribution is 6.02. The lowest BCUT2D eigenvalue weighted by molar-refractivity contribution is 0.101. The van der Waals surface area contributed by atoms with Gasteiger partial charge in [-0.1, -0.05) is 0 Å². The number of amides is 1. The van der Waals surface area contributed by atoms with Crippen LogP contribution in [-0.2, 0) is 18.4 Å². The molecule has 0 radical (unpaired) electrons. The van der Waals surface area contributed by atoms with E-state index in [0.717, 1.165) is 0 Å². The maximum Gasteiger partial charge on any atom is 0.275 e. The average Bonchev–Trinajstić information content (AvgIpc) is 2.88. The molecular formula is C10H13N5O2. The number of aromatic amines is 1. The van der Waals surface area contributed by atoms with E-state index in [1.807, 2.05) is 0 Å². The molecule has 0 aliphatic rings. The summed E-state index contributed by atoms with van der Waals surface area (Å²) in [5, 5.41) is 13.2. The van der Waals surface area contributed by atoms with Crippen molar-refractivity contribution < 1.29 is 9.53 Å². The Labute approximate surface area is 97.8 Å². The fourth-order valence-corrected chi connectivity index (χ4v) is 1.47. The third-order valence-corrected chi connectivity index (χ3v) is 2.20. The highest BCUT2D eigenvalue weighted by Crippen LogP contribution is 2.07. The molecule has 0 unspecified atom stereocenters. The van der Waals surface area contributed by atoms with E-state index in [1.54, 1.807) is 32.5 Å². The molecule has 2 N–H and O–H groups in total. The first-order chi connectivity index (χ1) is 8.20. The van der Waals surface area contributed by atoms with E-state index >= 15 is 0 Å². The summed E-state index contributed by atoms with van der Waals surface area (Å²) in [5.41, 5.74) is 1.18. The van der Waals surface area contributed by atoms with Crippen molar-refractivity contribution in [2.24, 2.45) is 7.05 Å². The smallest absolute Gasteiger partial charge is 0.275 e. The first-order valence-electron chi connectivity index (χ1n) is 5.03. The SMILES string of the molecule is COCc1cc(C(=O)Nc2ccn[nH]2)n(C)n1. The van der Waals surface area contributed by atoms with Gasteiger partial charge in [-0.2, -0.15) is 10.2 Å². The van der Waals surface area contributed by atoms with Crippen LogP contribution in [0.15, 0.2) is 18.3 Å². The summed E-state index contributed by atoms with van der Waals surface area (Å²) in [6.07, 6.45) is 1.56. The van der Waals surface area contributed by atoms with Gasteiger partial charge in [0, 0.05) is 20.2 Å². The lowest BCUT2D eigenvalue weighted by Crippen LogP contribution is -2.16. The van der Waals surface area contributed by atoms with Gasteiger partial charge in [-0.3, -0.25) is 14.6 Å². The zero-order chi connectivity index (χ0) is 12.3. The molecule has 2 aromatic rings. The van der Waals surface area contributed by atoms with Gasteiger partial charge in [0.15, 0.2) is 0 Å². The van der Waals surface area contributed by atoms with Crippen molar-refractivity contribution in [1.29, 1.82) is 0 Å². The molecule has 0 atom stereocenters. The van der Waals surface area contributed by atoms with Gasteiger partial charge in [-0.05, 0) is 6.07 Å². The molecule has 2 heterocycles. The standard InChI is InChI=1S/C10H13N5O2/c1-15-8(5-7(14-15)6-17-2)10(16)12-9-3-4-11-13-9/h3-5H,6H2,1-2H3,(H2,11,12,13,16). The van der Waals surface area contributed by atoms with Crippen molar-refractivity contribution >= 4 is 11.7 Å². The fraction of sp³-hybridized carbons (Fsp3) is 0.300. The van der Waals surface area contributed by atoms with Crippen LogP contribution < -0.4 is 5.32 Å². The van der Waals surface area contributed by atoms with E-state index in [1.165, 1.54) is 4.68 Å². The number of aryl methyl sites for hydroxylation is 1. The molecule has 7 nitrogen and oxygen atoms in total. The number of carbonyl (C=O) groups excluding carboxylic acids is 1. The second-order valence-electron chi connectivity index (χ2n) is 3.50. The minimum atomic E-state index is -0.244. The van der Waals surface area contributed by atoms with Crippen LogP contribution in [0.5, 0.6) is 0 Å². The maximum atomic E-state index is 11.9. The zero-order valence-corrected chi connectivity index (χ0v) is 9.60. The molecule has 0 fully saturated rings. The highest BCUT2D eigenvalue weighted by Gasteiger charge is 2.13. The van der Waals surface area contributed by atoms with E-state index in [2.05, 4.69) is 20.6 Å². The monoisotopic (exact) mass is 235 g/mol. The van der Waals surface area contributed by atoms with Crippen molar-refractivity contribution in [2.45, 2.75) is 6.61 Å². The molecule has 0 bridgehead atoms. The molecule has 0 aliphatic carbocycles. The summed E-state index contributed by atoms with van der Waals surface area (Å²) in [4.78, 5) is 11.9. The number of hydrogen-bond acceptors (Lipinski definition) is 4. The maximum absolute atomic E-state index is 11.9. The topological polar surface area (TPSA) is 84.8 Å². The number of nitrogens with one attached hydrogen (secondary N) is 2. The number of anilines is 1. The normalized spacial score (nSPS) is 10.5. The van der Waals surface area contributed by atoms with Gasteiger partial charge in [0.2, 0.25) is 0 Å². The van der Waals surface area contributed by atoms with Gasteiger partial charge in [0.05, 0.1) is 18.5 Å². The molecule has 0 spiro atoms. The molecule has 0 saturated carbocycles. The average molecular weight is 235 g/mol. The summed E-state index contributed by atoms with van der Waals surface area (Å²) in [6, 6.07) is 3.36. The third kappa shape index (κ3) is 2.51. The van der Waals surface area contributed by atoms with Gasteiger partial charge in [-0.25, -0.2) is 0 Å². The van der Waals surface area contributed by atoms with E-state index in [9.17, 15) is 4.79 Å². The van der Waals surface area contributed by atoms with Crippen molar-refractivity contribution in [3.05, 3.63) is 29.7 Å². The second-order valence-corrected chi connectivity index (χ2v) is 3.50. The van der Waals surface area contributed by atoms with Crippen LogP contribution in [0, 0.1) is 0 Å². The van der Waals surface area contributed by atoms with Gasteiger partial charge < -0.3 is 10.1 Å². The molecule has 1 amide bonds. The Bertz CT molecular complexity index is 503. The summed E-state index contributed by atoms with van der Waals surface area (Å²) in [6.45, 7) is 0.380. The largest absolute Gasteiger partial charge is 0.378 e. The number of carbonyl (C=O) groups is 1. The zero-order valence-electron chi connectivity index (χ0n) is 9.60. The molecule has 7 heteroatoms. The molecule has 2 rings (SSSR count). The number of rotatable bonds is 4. The predicted octanol–water partition coefficient (Wildman–Crippen LogP) is 0.542. The van der Waals surface area contributed by atoms with Gasteiger partial charge in [0.25, 0.3) is 5.91 Å². The summed E-state index contributed by atoms with van der Waals surface area (Å²) < 4.78 is 6.47. The van der Waals surface area contributed by atoms with Crippen LogP contribution in [-0.4, -0.2) is 33.0 Å². The minimum absolute atomic E-state index is 0.244. The fourth-order valence-electron chi connectivity index (χ4n) is 1.47.